The third-order valence-corrected chi connectivity index (χ3v) is 2.30. The van der Waals surface area contributed by atoms with Gasteiger partial charge in [0.1, 0.15) is 13.2 Å². The molecule has 2 rings (SSSR count). The van der Waals surface area contributed by atoms with Gasteiger partial charge in [-0.2, -0.15) is 0 Å². The highest BCUT2D eigenvalue weighted by molar-refractivity contribution is 8.26. The second kappa shape index (κ2) is 31.4. The molecule has 0 aromatic rings. The first-order valence-electron chi connectivity index (χ1n) is 7.97. The molecular formula is C13H28Cl3N3O7S2. The number of hydrogen-bond donors (Lipinski definition) is 3. The van der Waals surface area contributed by atoms with E-state index in [0.29, 0.717) is 18.5 Å². The summed E-state index contributed by atoms with van der Waals surface area (Å²) in [5, 5.41) is 25.9. The molecule has 2 heterocycles. The molecule has 1 saturated heterocycles. The topological polar surface area (TPSA) is 158 Å². The Bertz CT molecular complexity index is 409. The molecule has 0 atom stereocenters. The number of rotatable bonds is 3. The van der Waals surface area contributed by atoms with Gasteiger partial charge in [-0.05, 0) is 30.2 Å². The number of hydrogen-bond acceptors (Lipinski definition) is 10. The molecule has 2 aliphatic rings. The molecule has 0 aliphatic carbocycles. The molecule has 1 fully saturated rings. The largest absolute Gasteiger partial charge is 0.487 e. The summed E-state index contributed by atoms with van der Waals surface area (Å²) < 4.78 is 18.6. The molecular weight excluding hydrogens is 481 g/mol. The van der Waals surface area contributed by atoms with Gasteiger partial charge in [0, 0.05) is 39.3 Å². The van der Waals surface area contributed by atoms with Crippen LogP contribution in [0.25, 0.3) is 0 Å². The van der Waals surface area contributed by atoms with E-state index in [0.717, 1.165) is 31.0 Å². The van der Waals surface area contributed by atoms with Crippen molar-refractivity contribution >= 4 is 64.8 Å². The summed E-state index contributed by atoms with van der Waals surface area (Å²) in [6.07, 6.45) is 2.12. The molecule has 0 amide bonds. The van der Waals surface area contributed by atoms with Crippen LogP contribution in [-0.2, 0) is 18.7 Å². The second-order valence-electron chi connectivity index (χ2n) is 3.78. The van der Waals surface area contributed by atoms with Crippen LogP contribution < -0.4 is 5.73 Å². The smallest absolute Gasteiger partial charge is 0.282 e. The van der Waals surface area contributed by atoms with Crippen LogP contribution in [0.15, 0.2) is 4.99 Å². The van der Waals surface area contributed by atoms with Crippen molar-refractivity contribution < 1.29 is 28.8 Å². The highest BCUT2D eigenvalue weighted by Gasteiger charge is 2.03. The molecule has 0 aromatic carbocycles. The van der Waals surface area contributed by atoms with Crippen LogP contribution in [-0.4, -0.2) is 75.8 Å². The maximum Gasteiger partial charge on any atom is 0.282 e. The molecule has 0 bridgehead atoms. The minimum Gasteiger partial charge on any atom is -0.487 e. The van der Waals surface area contributed by atoms with Crippen LogP contribution in [0.2, 0.25) is 0 Å². The van der Waals surface area contributed by atoms with Gasteiger partial charge in [-0.15, -0.1) is 0 Å². The zero-order chi connectivity index (χ0) is 22.8. The van der Waals surface area contributed by atoms with Gasteiger partial charge in [0.25, 0.3) is 5.36 Å². The maximum atomic E-state index is 9.24. The Balaban J connectivity index is -0.000000127. The summed E-state index contributed by atoms with van der Waals surface area (Å²) in [4.78, 5) is 12.4. The minimum absolute atomic E-state index is 0.0972. The van der Waals surface area contributed by atoms with Crippen molar-refractivity contribution in [1.82, 2.24) is 0 Å². The number of nitrogens with two attached hydrogens (primary N) is 1. The molecule has 4 N–H and O–H groups in total. The number of halogens is 3. The number of aliphatic imine (C=N–C) groups is 1. The third-order valence-electron chi connectivity index (χ3n) is 1.75. The van der Waals surface area contributed by atoms with Crippen molar-refractivity contribution in [2.75, 3.05) is 46.1 Å². The number of aliphatic hydroxyl groups is 2. The van der Waals surface area contributed by atoms with Gasteiger partial charge >= 0.3 is 0 Å². The molecule has 2 aliphatic heterocycles. The van der Waals surface area contributed by atoms with Gasteiger partial charge in [0.15, 0.2) is 5.05 Å². The SMILES string of the molecule is CC.ClC1=NCCO1.NCCO.O=S(Cl)Cl.O=[N+]([O-])CCO.S=C1CCCO1. The van der Waals surface area contributed by atoms with Crippen molar-refractivity contribution in [3.05, 3.63) is 10.1 Å². The lowest BCUT2D eigenvalue weighted by Gasteiger charge is -1.85. The first-order valence-corrected chi connectivity index (χ1v) is 11.6. The molecule has 0 unspecified atom stereocenters. The van der Waals surface area contributed by atoms with Crippen molar-refractivity contribution in [3.63, 3.8) is 0 Å². The van der Waals surface area contributed by atoms with Crippen LogP contribution >= 0.6 is 45.2 Å². The number of aliphatic hydroxyl groups excluding tert-OH is 2. The van der Waals surface area contributed by atoms with Gasteiger partial charge in [0.2, 0.25) is 15.8 Å². The summed E-state index contributed by atoms with van der Waals surface area (Å²) in [6, 6.07) is 0. The van der Waals surface area contributed by atoms with E-state index in [2.05, 4.69) is 31.1 Å². The van der Waals surface area contributed by atoms with E-state index in [-0.39, 0.29) is 19.8 Å². The van der Waals surface area contributed by atoms with E-state index in [1.165, 1.54) is 0 Å². The van der Waals surface area contributed by atoms with Crippen molar-refractivity contribution in [3.8, 4) is 0 Å². The normalized spacial score (nSPS) is 13.0. The maximum absolute atomic E-state index is 9.24. The van der Waals surface area contributed by atoms with Crippen LogP contribution in [0.4, 0.5) is 0 Å². The van der Waals surface area contributed by atoms with Crippen molar-refractivity contribution in [1.29, 1.82) is 0 Å². The first kappa shape index (κ1) is 35.1. The van der Waals surface area contributed by atoms with Gasteiger partial charge in [0.05, 0.1) is 19.8 Å². The lowest BCUT2D eigenvalue weighted by atomic mass is 10.4. The van der Waals surface area contributed by atoms with Gasteiger partial charge < -0.3 is 25.4 Å². The molecule has 28 heavy (non-hydrogen) atoms. The molecule has 0 radical (unpaired) electrons. The molecule has 0 spiro atoms. The fourth-order valence-corrected chi connectivity index (χ4v) is 1.25. The van der Waals surface area contributed by atoms with Crippen molar-refractivity contribution in [2.45, 2.75) is 26.7 Å². The fourth-order valence-electron chi connectivity index (χ4n) is 0.865. The molecule has 15 heteroatoms. The van der Waals surface area contributed by atoms with E-state index in [4.69, 9.17) is 48.7 Å². The number of nitro groups is 1. The average molecular weight is 509 g/mol. The molecule has 0 saturated carbocycles. The Morgan fingerprint density at radius 3 is 1.86 bits per heavy atom. The summed E-state index contributed by atoms with van der Waals surface area (Å²) in [5.41, 5.74) is 4.78. The highest BCUT2D eigenvalue weighted by atomic mass is 36.0. The summed E-state index contributed by atoms with van der Waals surface area (Å²) in [5.74, 6) is 0. The zero-order valence-electron chi connectivity index (χ0n) is 15.7. The Hall–Kier alpha value is -0.340. The highest BCUT2D eigenvalue weighted by Crippen LogP contribution is 2.03. The van der Waals surface area contributed by atoms with E-state index < -0.39 is 14.2 Å². The lowest BCUT2D eigenvalue weighted by Crippen LogP contribution is -2.03. The van der Waals surface area contributed by atoms with E-state index in [9.17, 15) is 10.1 Å². The van der Waals surface area contributed by atoms with Gasteiger partial charge in [-0.1, -0.05) is 13.8 Å². The molecule has 170 valence electrons. The minimum atomic E-state index is -1.67. The third kappa shape index (κ3) is 50.0. The standard InChI is InChI=1S/C4H6OS.C3H4ClNO.C2H5NO3.C2H7NO.C2H6.Cl2OS/c6-4-2-1-3-5-4;4-3-5-1-2-6-3;4-2-1-3(5)6;3-1-2-4;1-2;1-4(2)3/h1-3H2;1-2H2;4H,1-2H2;4H,1-3H2;1-2H3;. The van der Waals surface area contributed by atoms with E-state index >= 15 is 0 Å². The predicted octanol–water partition coefficient (Wildman–Crippen LogP) is 2.00. The number of nitrogens with zero attached hydrogens (tertiary/aromatic N) is 2. The molecule has 10 nitrogen and oxygen atoms in total. The number of ether oxygens (including phenoxy) is 2. The summed E-state index contributed by atoms with van der Waals surface area (Å²) >= 11 is 9.94. The second-order valence-corrected chi connectivity index (χ2v) is 7.09. The fraction of sp³-hybridized carbons (Fsp3) is 0.846. The van der Waals surface area contributed by atoms with Crippen molar-refractivity contribution in [2.24, 2.45) is 10.7 Å². The van der Waals surface area contributed by atoms with Crippen LogP contribution in [0.5, 0.6) is 0 Å². The number of thiocarbonyl (C=S) groups is 1. The van der Waals surface area contributed by atoms with Gasteiger partial charge in [-0.3, -0.25) is 10.1 Å². The van der Waals surface area contributed by atoms with Crippen LogP contribution in [0.1, 0.15) is 26.7 Å². The quantitative estimate of drug-likeness (QED) is 0.224. The Labute approximate surface area is 186 Å². The Morgan fingerprint density at radius 1 is 1.29 bits per heavy atom. The van der Waals surface area contributed by atoms with E-state index in [1.54, 1.807) is 0 Å². The summed E-state index contributed by atoms with van der Waals surface area (Å²) in [6.45, 7) is 5.98. The zero-order valence-corrected chi connectivity index (χ0v) is 19.6. The summed E-state index contributed by atoms with van der Waals surface area (Å²) in [7, 11) is 7.36. The Kier molecular flexibility index (Phi) is 39.3. The van der Waals surface area contributed by atoms with Crippen LogP contribution in [0, 0.1) is 10.1 Å². The first-order chi connectivity index (χ1) is 13.2. The monoisotopic (exact) mass is 507 g/mol. The lowest BCUT2D eigenvalue weighted by molar-refractivity contribution is -0.482. The Morgan fingerprint density at radius 2 is 1.79 bits per heavy atom. The average Bonchev–Trinajstić information content (AvgIpc) is 3.31. The van der Waals surface area contributed by atoms with Crippen LogP contribution in [0.3, 0.4) is 0 Å². The van der Waals surface area contributed by atoms with Gasteiger partial charge in [-0.25, -0.2) is 9.20 Å². The molecule has 0 aromatic heterocycles. The predicted molar refractivity (Wildman–Crippen MR) is 118 cm³/mol. The van der Waals surface area contributed by atoms with E-state index in [1.807, 2.05) is 13.8 Å².